The summed E-state index contributed by atoms with van der Waals surface area (Å²) in [6.07, 6.45) is 0.973. The normalized spacial score (nSPS) is 10.8. The van der Waals surface area contributed by atoms with Crippen LogP contribution < -0.4 is 10.2 Å². The van der Waals surface area contributed by atoms with Crippen LogP contribution in [0.5, 0.6) is 5.75 Å². The van der Waals surface area contributed by atoms with Crippen LogP contribution in [0, 0.1) is 11.7 Å². The minimum Gasteiger partial charge on any atom is -0.488 e. The molecule has 0 aliphatic rings. The van der Waals surface area contributed by atoms with Crippen LogP contribution in [0.2, 0.25) is 0 Å². The fraction of sp³-hybridized carbons (Fsp3) is 0.538. The van der Waals surface area contributed by atoms with Gasteiger partial charge >= 0.3 is 7.12 Å². The van der Waals surface area contributed by atoms with Gasteiger partial charge in [-0.05, 0) is 29.9 Å². The van der Waals surface area contributed by atoms with Crippen LogP contribution in [0.1, 0.15) is 20.3 Å². The summed E-state index contributed by atoms with van der Waals surface area (Å²) in [7, 11) is -1.63. The Kier molecular flexibility index (Phi) is 6.84. The van der Waals surface area contributed by atoms with Crippen molar-refractivity contribution in [3.05, 3.63) is 24.0 Å². The van der Waals surface area contributed by atoms with E-state index in [2.05, 4.69) is 13.8 Å². The number of halogens is 1. The zero-order valence-electron chi connectivity index (χ0n) is 11.3. The Morgan fingerprint density at radius 1 is 1.21 bits per heavy atom. The minimum atomic E-state index is -1.63. The largest absolute Gasteiger partial charge is 0.488 e. The molecule has 0 unspecified atom stereocenters. The molecule has 4 nitrogen and oxygen atoms in total. The van der Waals surface area contributed by atoms with Gasteiger partial charge in [-0.25, -0.2) is 4.39 Å². The van der Waals surface area contributed by atoms with Gasteiger partial charge in [0.05, 0.1) is 6.61 Å². The van der Waals surface area contributed by atoms with Crippen LogP contribution in [0.4, 0.5) is 4.39 Å². The topological polar surface area (TPSA) is 58.9 Å². The van der Waals surface area contributed by atoms with E-state index >= 15 is 0 Å². The average molecular weight is 270 g/mol. The number of benzene rings is 1. The van der Waals surface area contributed by atoms with E-state index in [9.17, 15) is 4.39 Å². The molecule has 0 saturated carbocycles. The van der Waals surface area contributed by atoms with Crippen LogP contribution in [0.15, 0.2) is 18.2 Å². The molecule has 0 bridgehead atoms. The van der Waals surface area contributed by atoms with Crippen molar-refractivity contribution < 1.29 is 23.9 Å². The zero-order valence-corrected chi connectivity index (χ0v) is 11.3. The van der Waals surface area contributed by atoms with Gasteiger partial charge in [-0.3, -0.25) is 0 Å². The Labute approximate surface area is 113 Å². The molecule has 0 aliphatic carbocycles. The first-order chi connectivity index (χ1) is 9.00. The summed E-state index contributed by atoms with van der Waals surface area (Å²) in [6, 6.07) is 3.71. The molecule has 2 N–H and O–H groups in total. The maximum atomic E-state index is 13.4. The van der Waals surface area contributed by atoms with Gasteiger partial charge in [-0.1, -0.05) is 19.9 Å². The van der Waals surface area contributed by atoms with E-state index in [-0.39, 0.29) is 17.8 Å². The van der Waals surface area contributed by atoms with Gasteiger partial charge in [0.25, 0.3) is 0 Å². The third-order valence-corrected chi connectivity index (χ3v) is 2.58. The fourth-order valence-electron chi connectivity index (χ4n) is 1.42. The monoisotopic (exact) mass is 270 g/mol. The average Bonchev–Trinajstić information content (AvgIpc) is 2.34. The minimum absolute atomic E-state index is 0.00180. The van der Waals surface area contributed by atoms with Gasteiger partial charge in [0, 0.05) is 6.61 Å². The second-order valence-corrected chi connectivity index (χ2v) is 4.71. The van der Waals surface area contributed by atoms with Crippen molar-refractivity contribution in [2.45, 2.75) is 20.3 Å². The molecule has 0 aliphatic heterocycles. The lowest BCUT2D eigenvalue weighted by Crippen LogP contribution is -2.30. The predicted octanol–water partition coefficient (Wildman–Crippen LogP) is 0.947. The highest BCUT2D eigenvalue weighted by Gasteiger charge is 2.14. The first-order valence-corrected chi connectivity index (χ1v) is 6.37. The molecule has 0 atom stereocenters. The molecule has 19 heavy (non-hydrogen) atoms. The van der Waals surface area contributed by atoms with Crippen LogP contribution >= 0.6 is 0 Å². The smallest absolute Gasteiger partial charge is 0.488 e. The first kappa shape index (κ1) is 16.0. The molecule has 0 amide bonds. The molecule has 1 aromatic carbocycles. The molecular formula is C13H20BFO4. The van der Waals surface area contributed by atoms with Gasteiger partial charge in [0.15, 0.2) is 11.6 Å². The molecule has 1 rings (SSSR count). The summed E-state index contributed by atoms with van der Waals surface area (Å²) in [5.74, 6) is 0.0470. The van der Waals surface area contributed by atoms with E-state index in [0.717, 1.165) is 12.5 Å². The van der Waals surface area contributed by atoms with Crippen molar-refractivity contribution in [1.82, 2.24) is 0 Å². The van der Waals surface area contributed by atoms with E-state index in [1.807, 2.05) is 0 Å². The van der Waals surface area contributed by atoms with E-state index in [4.69, 9.17) is 19.5 Å². The van der Waals surface area contributed by atoms with E-state index < -0.39 is 12.9 Å². The highest BCUT2D eigenvalue weighted by atomic mass is 19.1. The first-order valence-electron chi connectivity index (χ1n) is 6.37. The van der Waals surface area contributed by atoms with Gasteiger partial charge in [-0.15, -0.1) is 0 Å². The quantitative estimate of drug-likeness (QED) is 0.545. The number of rotatable bonds is 8. The van der Waals surface area contributed by atoms with Crippen molar-refractivity contribution in [2.75, 3.05) is 19.8 Å². The van der Waals surface area contributed by atoms with Crippen LogP contribution in [-0.2, 0) is 4.74 Å². The summed E-state index contributed by atoms with van der Waals surface area (Å²) in [5, 5.41) is 18.0. The Morgan fingerprint density at radius 2 is 1.95 bits per heavy atom. The Hall–Kier alpha value is -1.11. The van der Waals surface area contributed by atoms with Crippen LogP contribution in [0.25, 0.3) is 0 Å². The van der Waals surface area contributed by atoms with Crippen molar-refractivity contribution in [3.8, 4) is 5.75 Å². The third kappa shape index (κ3) is 6.05. The highest BCUT2D eigenvalue weighted by molar-refractivity contribution is 6.58. The lowest BCUT2D eigenvalue weighted by atomic mass is 9.80. The van der Waals surface area contributed by atoms with Crippen LogP contribution in [0.3, 0.4) is 0 Å². The third-order valence-electron chi connectivity index (χ3n) is 2.58. The van der Waals surface area contributed by atoms with Crippen molar-refractivity contribution in [3.63, 3.8) is 0 Å². The second kappa shape index (κ2) is 8.14. The Morgan fingerprint density at radius 3 is 2.58 bits per heavy atom. The lowest BCUT2D eigenvalue weighted by Gasteiger charge is -2.10. The van der Waals surface area contributed by atoms with Crippen molar-refractivity contribution >= 4 is 12.6 Å². The molecule has 0 spiro atoms. The molecule has 0 aromatic heterocycles. The van der Waals surface area contributed by atoms with Gasteiger partial charge < -0.3 is 19.5 Å². The molecule has 0 heterocycles. The zero-order chi connectivity index (χ0) is 14.3. The second-order valence-electron chi connectivity index (χ2n) is 4.71. The molecular weight excluding hydrogens is 250 g/mol. The van der Waals surface area contributed by atoms with E-state index in [0.29, 0.717) is 19.1 Å². The Bertz CT molecular complexity index is 385. The van der Waals surface area contributed by atoms with Gasteiger partial charge in [0.1, 0.15) is 6.61 Å². The highest BCUT2D eigenvalue weighted by Crippen LogP contribution is 2.14. The lowest BCUT2D eigenvalue weighted by molar-refractivity contribution is 0.0913. The summed E-state index contributed by atoms with van der Waals surface area (Å²) >= 11 is 0. The van der Waals surface area contributed by atoms with Gasteiger partial charge in [0.2, 0.25) is 0 Å². The predicted molar refractivity (Wildman–Crippen MR) is 72.0 cm³/mol. The molecule has 1 aromatic rings. The molecule has 106 valence electrons. The number of ether oxygens (including phenoxy) is 2. The maximum absolute atomic E-state index is 13.4. The number of hydrogen-bond acceptors (Lipinski definition) is 4. The molecule has 0 saturated heterocycles. The molecule has 6 heteroatoms. The Balaban J connectivity index is 2.34. The molecule has 0 fully saturated rings. The summed E-state index contributed by atoms with van der Waals surface area (Å²) in [4.78, 5) is 0. The maximum Gasteiger partial charge on any atom is 0.488 e. The fourth-order valence-corrected chi connectivity index (χ4v) is 1.42. The molecule has 0 radical (unpaired) electrons. The summed E-state index contributed by atoms with van der Waals surface area (Å²) in [5.41, 5.74) is 0.192. The van der Waals surface area contributed by atoms with E-state index in [1.54, 1.807) is 0 Å². The van der Waals surface area contributed by atoms with Crippen LogP contribution in [-0.4, -0.2) is 37.0 Å². The summed E-state index contributed by atoms with van der Waals surface area (Å²) in [6.45, 7) is 5.47. The number of hydrogen-bond donors (Lipinski definition) is 2. The SMILES string of the molecule is CC(C)CCOCCOc1cc(B(O)O)ccc1F. The van der Waals surface area contributed by atoms with Crippen molar-refractivity contribution in [1.29, 1.82) is 0 Å². The summed E-state index contributed by atoms with van der Waals surface area (Å²) < 4.78 is 23.9. The van der Waals surface area contributed by atoms with E-state index in [1.165, 1.54) is 12.1 Å². The van der Waals surface area contributed by atoms with Gasteiger partial charge in [-0.2, -0.15) is 0 Å². The van der Waals surface area contributed by atoms with Crippen molar-refractivity contribution in [2.24, 2.45) is 5.92 Å². The standard InChI is InChI=1S/C13H20BFO4/c1-10(2)5-6-18-7-8-19-13-9-11(14(16)17)3-4-12(13)15/h3-4,9-10,16-17H,5-8H2,1-2H3.